The third kappa shape index (κ3) is 3.33. The first-order valence-electron chi connectivity index (χ1n) is 9.53. The van der Waals surface area contributed by atoms with Gasteiger partial charge < -0.3 is 10.2 Å². The van der Waals surface area contributed by atoms with Crippen LogP contribution in [0.25, 0.3) is 17.1 Å². The quantitative estimate of drug-likeness (QED) is 0.712. The number of aryl methyl sites for hydroxylation is 2. The SMILES string of the molecule is Cn1c(=O)n(C)c2cc(N3CCCC3)c(NC(=O)/C=C/c3ccccc3)cc21. The highest BCUT2D eigenvalue weighted by Gasteiger charge is 2.20. The number of nitrogens with zero attached hydrogens (tertiary/aromatic N) is 3. The third-order valence-electron chi connectivity index (χ3n) is 5.32. The summed E-state index contributed by atoms with van der Waals surface area (Å²) >= 11 is 0. The molecule has 2 aromatic carbocycles. The predicted molar refractivity (Wildman–Crippen MR) is 114 cm³/mol. The standard InChI is InChI=1S/C22H24N4O2/c1-24-19-14-17(23-21(27)11-10-16-8-4-3-5-9-16)18(26-12-6-7-13-26)15-20(19)25(2)22(24)28/h3-5,8-11,14-15H,6-7,12-13H2,1-2H3,(H,23,27)/b11-10+. The van der Waals surface area contributed by atoms with Crippen molar-refractivity contribution in [2.24, 2.45) is 14.1 Å². The van der Waals surface area contributed by atoms with E-state index < -0.39 is 0 Å². The number of hydrogen-bond acceptors (Lipinski definition) is 3. The van der Waals surface area contributed by atoms with Gasteiger partial charge in [0.25, 0.3) is 0 Å². The van der Waals surface area contributed by atoms with E-state index in [2.05, 4.69) is 10.2 Å². The number of hydrogen-bond donors (Lipinski definition) is 1. The molecule has 6 nitrogen and oxygen atoms in total. The fourth-order valence-electron chi connectivity index (χ4n) is 3.76. The second kappa shape index (κ2) is 7.38. The van der Waals surface area contributed by atoms with Crippen LogP contribution < -0.4 is 15.9 Å². The average Bonchev–Trinajstić information content (AvgIpc) is 3.31. The van der Waals surface area contributed by atoms with Crippen molar-refractivity contribution >= 4 is 34.4 Å². The molecule has 1 aromatic heterocycles. The van der Waals surface area contributed by atoms with Gasteiger partial charge in [0, 0.05) is 33.3 Å². The highest BCUT2D eigenvalue weighted by Crippen LogP contribution is 2.33. The fraction of sp³-hybridized carbons (Fsp3) is 0.273. The van der Waals surface area contributed by atoms with E-state index >= 15 is 0 Å². The molecule has 0 spiro atoms. The Morgan fingerprint density at radius 2 is 1.64 bits per heavy atom. The van der Waals surface area contributed by atoms with Crippen molar-refractivity contribution in [2.45, 2.75) is 12.8 Å². The number of benzene rings is 2. The summed E-state index contributed by atoms with van der Waals surface area (Å²) in [6.07, 6.45) is 5.60. The van der Waals surface area contributed by atoms with Crippen LogP contribution in [0, 0.1) is 0 Å². The van der Waals surface area contributed by atoms with E-state index in [4.69, 9.17) is 0 Å². The van der Waals surface area contributed by atoms with Gasteiger partial charge in [0.15, 0.2) is 0 Å². The van der Waals surface area contributed by atoms with E-state index in [9.17, 15) is 9.59 Å². The van der Waals surface area contributed by atoms with Gasteiger partial charge in [0.2, 0.25) is 5.91 Å². The molecule has 0 radical (unpaired) electrons. The van der Waals surface area contributed by atoms with Gasteiger partial charge in [-0.3, -0.25) is 13.9 Å². The first-order valence-corrected chi connectivity index (χ1v) is 9.53. The molecule has 28 heavy (non-hydrogen) atoms. The van der Waals surface area contributed by atoms with Crippen molar-refractivity contribution in [1.29, 1.82) is 0 Å². The van der Waals surface area contributed by atoms with E-state index in [1.54, 1.807) is 29.3 Å². The number of carbonyl (C=O) groups excluding carboxylic acids is 1. The van der Waals surface area contributed by atoms with Crippen molar-refractivity contribution < 1.29 is 4.79 Å². The predicted octanol–water partition coefficient (Wildman–Crippen LogP) is 3.13. The summed E-state index contributed by atoms with van der Waals surface area (Å²) in [6.45, 7) is 1.91. The zero-order valence-electron chi connectivity index (χ0n) is 16.2. The van der Waals surface area contributed by atoms with E-state index in [0.29, 0.717) is 0 Å². The minimum absolute atomic E-state index is 0.0742. The molecule has 0 bridgehead atoms. The smallest absolute Gasteiger partial charge is 0.328 e. The largest absolute Gasteiger partial charge is 0.370 e. The molecule has 1 aliphatic heterocycles. The lowest BCUT2D eigenvalue weighted by molar-refractivity contribution is -0.111. The van der Waals surface area contributed by atoms with Crippen molar-refractivity contribution in [3.8, 4) is 0 Å². The molecule has 1 N–H and O–H groups in total. The molecule has 2 heterocycles. The maximum absolute atomic E-state index is 12.6. The number of aromatic nitrogens is 2. The summed E-state index contributed by atoms with van der Waals surface area (Å²) in [7, 11) is 3.53. The number of carbonyl (C=O) groups is 1. The number of amides is 1. The maximum Gasteiger partial charge on any atom is 0.328 e. The van der Waals surface area contributed by atoms with Gasteiger partial charge in [-0.1, -0.05) is 30.3 Å². The number of rotatable bonds is 4. The van der Waals surface area contributed by atoms with Crippen LogP contribution in [0.15, 0.2) is 53.3 Å². The van der Waals surface area contributed by atoms with Crippen LogP contribution >= 0.6 is 0 Å². The number of fused-ring (bicyclic) bond motifs is 1. The molecule has 1 saturated heterocycles. The molecule has 1 aliphatic rings. The van der Waals surface area contributed by atoms with Crippen LogP contribution in [-0.4, -0.2) is 28.1 Å². The molecule has 0 aliphatic carbocycles. The molecular weight excluding hydrogens is 352 g/mol. The highest BCUT2D eigenvalue weighted by atomic mass is 16.2. The van der Waals surface area contributed by atoms with Crippen LogP contribution in [0.4, 0.5) is 11.4 Å². The van der Waals surface area contributed by atoms with Gasteiger partial charge in [-0.15, -0.1) is 0 Å². The minimum Gasteiger partial charge on any atom is -0.370 e. The highest BCUT2D eigenvalue weighted by molar-refractivity contribution is 6.05. The van der Waals surface area contributed by atoms with E-state index in [1.807, 2.05) is 42.5 Å². The van der Waals surface area contributed by atoms with Crippen LogP contribution in [0.2, 0.25) is 0 Å². The summed E-state index contributed by atoms with van der Waals surface area (Å²) in [5, 5.41) is 3.01. The Bertz CT molecular complexity index is 1100. The third-order valence-corrected chi connectivity index (χ3v) is 5.32. The lowest BCUT2D eigenvalue weighted by Gasteiger charge is -2.22. The monoisotopic (exact) mass is 376 g/mol. The first-order chi connectivity index (χ1) is 13.5. The Hall–Kier alpha value is -3.28. The normalized spacial score (nSPS) is 14.3. The molecule has 0 saturated carbocycles. The number of anilines is 2. The van der Waals surface area contributed by atoms with Crippen molar-refractivity contribution in [3.05, 3.63) is 64.6 Å². The molecule has 1 fully saturated rings. The molecular formula is C22H24N4O2. The van der Waals surface area contributed by atoms with Gasteiger partial charge in [0.05, 0.1) is 22.4 Å². The zero-order valence-corrected chi connectivity index (χ0v) is 16.2. The zero-order chi connectivity index (χ0) is 19.7. The van der Waals surface area contributed by atoms with Crippen LogP contribution in [0.5, 0.6) is 0 Å². The maximum atomic E-state index is 12.6. The van der Waals surface area contributed by atoms with Crippen molar-refractivity contribution in [3.63, 3.8) is 0 Å². The summed E-state index contributed by atoms with van der Waals surface area (Å²) in [5.74, 6) is -0.190. The Labute approximate surface area is 163 Å². The van der Waals surface area contributed by atoms with Gasteiger partial charge in [-0.2, -0.15) is 0 Å². The fourth-order valence-corrected chi connectivity index (χ4v) is 3.76. The molecule has 0 unspecified atom stereocenters. The molecule has 6 heteroatoms. The Kier molecular flexibility index (Phi) is 4.77. The second-order valence-electron chi connectivity index (χ2n) is 7.19. The number of imidazole rings is 1. The lowest BCUT2D eigenvalue weighted by Crippen LogP contribution is -2.20. The Balaban J connectivity index is 1.71. The average molecular weight is 376 g/mol. The Morgan fingerprint density at radius 1 is 1.00 bits per heavy atom. The summed E-state index contributed by atoms with van der Waals surface area (Å²) in [4.78, 5) is 27.2. The number of nitrogens with one attached hydrogen (secondary N) is 1. The van der Waals surface area contributed by atoms with Crippen molar-refractivity contribution in [1.82, 2.24) is 9.13 Å². The first kappa shape index (κ1) is 18.1. The molecule has 4 rings (SSSR count). The summed E-state index contributed by atoms with van der Waals surface area (Å²) < 4.78 is 3.26. The minimum atomic E-state index is -0.190. The van der Waals surface area contributed by atoms with E-state index in [-0.39, 0.29) is 11.6 Å². The van der Waals surface area contributed by atoms with E-state index in [0.717, 1.165) is 53.9 Å². The van der Waals surface area contributed by atoms with Gasteiger partial charge in [-0.05, 0) is 36.6 Å². The van der Waals surface area contributed by atoms with Crippen LogP contribution in [-0.2, 0) is 18.9 Å². The Morgan fingerprint density at radius 3 is 2.32 bits per heavy atom. The van der Waals surface area contributed by atoms with E-state index in [1.165, 1.54) is 6.08 Å². The lowest BCUT2D eigenvalue weighted by atomic mass is 10.2. The molecule has 0 atom stereocenters. The van der Waals surface area contributed by atoms with Crippen molar-refractivity contribution in [2.75, 3.05) is 23.3 Å². The van der Waals surface area contributed by atoms with Gasteiger partial charge >= 0.3 is 5.69 Å². The van der Waals surface area contributed by atoms with Crippen LogP contribution in [0.3, 0.4) is 0 Å². The second-order valence-corrected chi connectivity index (χ2v) is 7.19. The summed E-state index contributed by atoms with van der Waals surface area (Å²) in [6, 6.07) is 13.6. The van der Waals surface area contributed by atoms with Gasteiger partial charge in [0.1, 0.15) is 0 Å². The molecule has 1 amide bonds. The molecule has 144 valence electrons. The van der Waals surface area contributed by atoms with Gasteiger partial charge in [-0.25, -0.2) is 4.79 Å². The molecule has 3 aromatic rings. The van der Waals surface area contributed by atoms with Crippen LogP contribution in [0.1, 0.15) is 18.4 Å². The summed E-state index contributed by atoms with van der Waals surface area (Å²) in [5.41, 5.74) is 4.27. The topological polar surface area (TPSA) is 59.3 Å².